The molecule has 0 aromatic heterocycles. The van der Waals surface area contributed by atoms with E-state index in [2.05, 4.69) is 5.32 Å². The number of fused-ring (bicyclic) bond motifs is 1. The number of ether oxygens (including phenoxy) is 1. The van der Waals surface area contributed by atoms with Crippen LogP contribution in [0.25, 0.3) is 0 Å². The number of rotatable bonds is 5. The smallest absolute Gasteiger partial charge is 0.267 e. The highest BCUT2D eigenvalue weighted by atomic mass is 16.5. The number of carbonyl (C=O) groups is 2. The topological polar surface area (TPSA) is 58.6 Å². The summed E-state index contributed by atoms with van der Waals surface area (Å²) < 4.78 is 5.58. The van der Waals surface area contributed by atoms with Crippen LogP contribution in [-0.4, -0.2) is 31.5 Å². The molecule has 0 bridgehead atoms. The summed E-state index contributed by atoms with van der Waals surface area (Å²) in [6.07, 6.45) is 1.71. The largest absolute Gasteiger partial charge is 0.479 e. The van der Waals surface area contributed by atoms with E-state index in [0.717, 1.165) is 29.8 Å². The lowest BCUT2D eigenvalue weighted by Gasteiger charge is -2.30. The molecular formula is C16H22N2O3. The first-order valence-electron chi connectivity index (χ1n) is 7.36. The van der Waals surface area contributed by atoms with E-state index >= 15 is 0 Å². The van der Waals surface area contributed by atoms with Crippen molar-refractivity contribution in [3.05, 3.63) is 23.8 Å². The highest BCUT2D eigenvalue weighted by Crippen LogP contribution is 2.33. The molecule has 0 fully saturated rings. The zero-order valence-corrected chi connectivity index (χ0v) is 12.8. The second kappa shape index (κ2) is 6.61. The molecule has 1 N–H and O–H groups in total. The lowest BCUT2D eigenvalue weighted by molar-refractivity contribution is -0.125. The lowest BCUT2D eigenvalue weighted by Crippen LogP contribution is -2.42. The van der Waals surface area contributed by atoms with Crippen molar-refractivity contribution in [3.8, 4) is 5.75 Å². The molecule has 1 unspecified atom stereocenters. The van der Waals surface area contributed by atoms with Crippen molar-refractivity contribution < 1.29 is 14.3 Å². The highest BCUT2D eigenvalue weighted by molar-refractivity contribution is 5.99. The molecule has 1 aromatic rings. The second-order valence-electron chi connectivity index (χ2n) is 5.31. The third-order valence-electron chi connectivity index (χ3n) is 3.58. The molecule has 0 radical (unpaired) electrons. The Kier molecular flexibility index (Phi) is 4.83. The van der Waals surface area contributed by atoms with Crippen LogP contribution in [-0.2, 0) is 16.0 Å². The summed E-state index contributed by atoms with van der Waals surface area (Å²) in [4.78, 5) is 25.0. The summed E-state index contributed by atoms with van der Waals surface area (Å²) in [5.41, 5.74) is 1.86. The molecule has 2 amide bonds. The minimum atomic E-state index is -0.443. The Labute approximate surface area is 125 Å². The minimum absolute atomic E-state index is 0.0455. The Bertz CT molecular complexity index is 542. The molecule has 1 aromatic carbocycles. The van der Waals surface area contributed by atoms with Crippen molar-refractivity contribution in [3.63, 3.8) is 0 Å². The Morgan fingerprint density at radius 1 is 1.43 bits per heavy atom. The molecule has 1 aliphatic heterocycles. The van der Waals surface area contributed by atoms with Crippen LogP contribution in [0.1, 0.15) is 32.3 Å². The molecule has 21 heavy (non-hydrogen) atoms. The molecule has 114 valence electrons. The predicted molar refractivity (Wildman–Crippen MR) is 81.6 cm³/mol. The van der Waals surface area contributed by atoms with Gasteiger partial charge in [-0.2, -0.15) is 0 Å². The first-order chi connectivity index (χ1) is 10.0. The number of nitrogens with one attached hydrogen (secondary N) is 1. The van der Waals surface area contributed by atoms with Gasteiger partial charge in [-0.1, -0.05) is 13.0 Å². The SMILES string of the molecule is CCCC(=O)NCCc1ccc2c(c1)N(C)C(=O)C(C)O2. The first kappa shape index (κ1) is 15.4. The van der Waals surface area contributed by atoms with Gasteiger partial charge in [-0.15, -0.1) is 0 Å². The maximum absolute atomic E-state index is 11.9. The van der Waals surface area contributed by atoms with E-state index in [9.17, 15) is 9.59 Å². The van der Waals surface area contributed by atoms with Crippen LogP contribution in [0.5, 0.6) is 5.75 Å². The number of anilines is 1. The Hall–Kier alpha value is -2.04. The van der Waals surface area contributed by atoms with Crippen LogP contribution in [0.15, 0.2) is 18.2 Å². The average molecular weight is 290 g/mol. The number of benzene rings is 1. The molecule has 2 rings (SSSR count). The molecule has 1 aliphatic rings. The minimum Gasteiger partial charge on any atom is -0.479 e. The van der Waals surface area contributed by atoms with E-state index in [1.807, 2.05) is 25.1 Å². The first-order valence-corrected chi connectivity index (χ1v) is 7.36. The third-order valence-corrected chi connectivity index (χ3v) is 3.58. The molecule has 5 heteroatoms. The Morgan fingerprint density at radius 2 is 2.19 bits per heavy atom. The van der Waals surface area contributed by atoms with Gasteiger partial charge >= 0.3 is 0 Å². The summed E-state index contributed by atoms with van der Waals surface area (Å²) >= 11 is 0. The molecule has 1 atom stereocenters. The lowest BCUT2D eigenvalue weighted by atomic mass is 10.1. The fourth-order valence-corrected chi connectivity index (χ4v) is 2.37. The van der Waals surface area contributed by atoms with Crippen LogP contribution in [0.3, 0.4) is 0 Å². The zero-order chi connectivity index (χ0) is 15.4. The van der Waals surface area contributed by atoms with E-state index in [1.54, 1.807) is 18.9 Å². The molecule has 0 saturated carbocycles. The summed E-state index contributed by atoms with van der Waals surface area (Å²) in [6.45, 7) is 4.34. The van der Waals surface area contributed by atoms with Gasteiger partial charge in [0.05, 0.1) is 5.69 Å². The van der Waals surface area contributed by atoms with Crippen molar-refractivity contribution in [1.29, 1.82) is 0 Å². The van der Waals surface area contributed by atoms with Gasteiger partial charge in [0, 0.05) is 20.0 Å². The monoisotopic (exact) mass is 290 g/mol. The second-order valence-corrected chi connectivity index (χ2v) is 5.31. The van der Waals surface area contributed by atoms with Gasteiger partial charge in [0.15, 0.2) is 6.10 Å². The van der Waals surface area contributed by atoms with Crippen LogP contribution >= 0.6 is 0 Å². The van der Waals surface area contributed by atoms with E-state index in [4.69, 9.17) is 4.74 Å². The normalized spacial score (nSPS) is 17.2. The van der Waals surface area contributed by atoms with E-state index in [1.165, 1.54) is 0 Å². The maximum atomic E-state index is 11.9. The molecule has 0 saturated heterocycles. The van der Waals surface area contributed by atoms with E-state index in [0.29, 0.717) is 13.0 Å². The predicted octanol–water partition coefficient (Wildman–Crippen LogP) is 1.89. The van der Waals surface area contributed by atoms with Crippen LogP contribution in [0.4, 0.5) is 5.69 Å². The summed E-state index contributed by atoms with van der Waals surface area (Å²) in [5.74, 6) is 0.763. The van der Waals surface area contributed by atoms with Crippen molar-refractivity contribution in [1.82, 2.24) is 5.32 Å². The Morgan fingerprint density at radius 3 is 2.90 bits per heavy atom. The molecule has 1 heterocycles. The number of likely N-dealkylation sites (N-methyl/N-ethyl adjacent to an activating group) is 1. The fraction of sp³-hybridized carbons (Fsp3) is 0.500. The van der Waals surface area contributed by atoms with E-state index < -0.39 is 6.10 Å². The number of carbonyl (C=O) groups excluding carboxylic acids is 2. The van der Waals surface area contributed by atoms with Crippen LogP contribution < -0.4 is 15.0 Å². The molecule has 0 spiro atoms. The third kappa shape index (κ3) is 3.54. The highest BCUT2D eigenvalue weighted by Gasteiger charge is 2.28. The van der Waals surface area contributed by atoms with Gasteiger partial charge in [0.2, 0.25) is 5.91 Å². The standard InChI is InChI=1S/C16H22N2O3/c1-4-5-15(19)17-9-8-12-6-7-14-13(10-12)18(3)16(20)11(2)21-14/h6-7,10-11H,4-5,8-9H2,1-3H3,(H,17,19). The summed E-state index contributed by atoms with van der Waals surface area (Å²) in [5, 5.41) is 2.89. The Balaban J connectivity index is 2.01. The molecule has 0 aliphatic carbocycles. The van der Waals surface area contributed by atoms with Crippen molar-refractivity contribution in [2.24, 2.45) is 0 Å². The number of hydrogen-bond acceptors (Lipinski definition) is 3. The number of hydrogen-bond donors (Lipinski definition) is 1. The molecule has 5 nitrogen and oxygen atoms in total. The fourth-order valence-electron chi connectivity index (χ4n) is 2.37. The van der Waals surface area contributed by atoms with Crippen LogP contribution in [0, 0.1) is 0 Å². The van der Waals surface area contributed by atoms with Gasteiger partial charge in [0.1, 0.15) is 5.75 Å². The summed E-state index contributed by atoms with van der Waals surface area (Å²) in [6, 6.07) is 5.81. The van der Waals surface area contributed by atoms with Gasteiger partial charge in [-0.25, -0.2) is 0 Å². The van der Waals surface area contributed by atoms with Gasteiger partial charge < -0.3 is 15.0 Å². The maximum Gasteiger partial charge on any atom is 0.267 e. The molecular weight excluding hydrogens is 268 g/mol. The number of nitrogens with zero attached hydrogens (tertiary/aromatic N) is 1. The zero-order valence-electron chi connectivity index (χ0n) is 12.8. The van der Waals surface area contributed by atoms with Crippen molar-refractivity contribution in [2.45, 2.75) is 39.2 Å². The van der Waals surface area contributed by atoms with Gasteiger partial charge in [-0.3, -0.25) is 9.59 Å². The van der Waals surface area contributed by atoms with Crippen LogP contribution in [0.2, 0.25) is 0 Å². The summed E-state index contributed by atoms with van der Waals surface area (Å²) in [7, 11) is 1.76. The van der Waals surface area contributed by atoms with E-state index in [-0.39, 0.29) is 11.8 Å². The van der Waals surface area contributed by atoms with Crippen molar-refractivity contribution in [2.75, 3.05) is 18.5 Å². The quantitative estimate of drug-likeness (QED) is 0.901. The number of amides is 2. The van der Waals surface area contributed by atoms with Gasteiger partial charge in [0.25, 0.3) is 5.91 Å². The average Bonchev–Trinajstić information content (AvgIpc) is 2.46. The van der Waals surface area contributed by atoms with Gasteiger partial charge in [-0.05, 0) is 37.5 Å². The van der Waals surface area contributed by atoms with Crippen molar-refractivity contribution >= 4 is 17.5 Å².